The average Bonchev–Trinajstić information content (AvgIpc) is 2.12. The zero-order chi connectivity index (χ0) is 9.60. The van der Waals surface area contributed by atoms with Crippen molar-refractivity contribution in [3.63, 3.8) is 0 Å². The van der Waals surface area contributed by atoms with Gasteiger partial charge in [0.05, 0.1) is 20.0 Å². The zero-order valence-corrected chi connectivity index (χ0v) is 9.86. The lowest BCUT2D eigenvalue weighted by Gasteiger charge is -2.60. The Labute approximate surface area is 93.1 Å². The van der Waals surface area contributed by atoms with Gasteiger partial charge < -0.3 is 0 Å². The second kappa shape index (κ2) is 3.28. The van der Waals surface area contributed by atoms with Crippen LogP contribution in [0.4, 0.5) is 0 Å². The Hall–Kier alpha value is 0.0600. The summed E-state index contributed by atoms with van der Waals surface area (Å²) in [6.45, 7) is 8.35. The molecule has 0 aromatic rings. The van der Waals surface area contributed by atoms with Crippen LogP contribution < -0.4 is 0 Å². The molecule has 0 aliphatic carbocycles. The van der Waals surface area contributed by atoms with Crippen molar-refractivity contribution < 1.29 is 4.48 Å². The van der Waals surface area contributed by atoms with Crippen molar-refractivity contribution in [2.24, 2.45) is 0 Å². The van der Waals surface area contributed by atoms with E-state index >= 15 is 0 Å². The largest absolute Gasteiger partial charge is 0.283 e. The van der Waals surface area contributed by atoms with Crippen molar-refractivity contribution in [1.82, 2.24) is 14.7 Å². The summed E-state index contributed by atoms with van der Waals surface area (Å²) < 4.78 is 1.20. The molecule has 4 nitrogen and oxygen atoms in total. The zero-order valence-electron chi connectivity index (χ0n) is 8.27. The molecule has 4 heterocycles. The number of nitrogens with zero attached hydrogens (tertiary/aromatic N) is 4. The first-order valence-corrected chi connectivity index (χ1v) is 5.99. The van der Waals surface area contributed by atoms with Crippen LogP contribution >= 0.6 is 15.9 Å². The summed E-state index contributed by atoms with van der Waals surface area (Å²) in [6.07, 6.45) is 2.23. The molecule has 0 amide bonds. The van der Waals surface area contributed by atoms with Gasteiger partial charge in [0.25, 0.3) is 0 Å². The summed E-state index contributed by atoms with van der Waals surface area (Å²) in [6, 6.07) is 0. The first kappa shape index (κ1) is 9.30. The molecule has 0 N–H and O–H groups in total. The van der Waals surface area contributed by atoms with Gasteiger partial charge in [-0.25, -0.2) is 14.7 Å². The molecule has 0 radical (unpaired) electrons. The summed E-state index contributed by atoms with van der Waals surface area (Å²) in [5, 5.41) is 0. The molecule has 4 bridgehead atoms. The van der Waals surface area contributed by atoms with Gasteiger partial charge >= 0.3 is 0 Å². The van der Waals surface area contributed by atoms with Crippen LogP contribution in [0.25, 0.3) is 0 Å². The van der Waals surface area contributed by atoms with Crippen molar-refractivity contribution in [2.75, 3.05) is 46.6 Å². The molecule has 5 heteroatoms. The van der Waals surface area contributed by atoms with Gasteiger partial charge in [0.15, 0.2) is 0 Å². The van der Waals surface area contributed by atoms with Crippen LogP contribution in [-0.4, -0.2) is 65.7 Å². The van der Waals surface area contributed by atoms with Crippen molar-refractivity contribution in [3.8, 4) is 0 Å². The molecule has 0 saturated carbocycles. The first-order valence-electron chi connectivity index (χ1n) is 5.07. The van der Waals surface area contributed by atoms with Gasteiger partial charge in [0, 0.05) is 0 Å². The highest BCUT2D eigenvalue weighted by atomic mass is 79.9. The number of hydrogen-bond donors (Lipinski definition) is 0. The molecule has 0 aromatic carbocycles. The minimum Gasteiger partial charge on any atom is -0.283 e. The molecule has 0 spiro atoms. The highest BCUT2D eigenvalue weighted by Crippen LogP contribution is 2.28. The lowest BCUT2D eigenvalue weighted by atomic mass is 10.3. The minimum atomic E-state index is 1.15. The summed E-state index contributed by atoms with van der Waals surface area (Å²) in [7, 11) is 0. The normalized spacial score (nSPS) is 50.5. The molecule has 78 valence electrons. The number of hydrogen-bond acceptors (Lipinski definition) is 3. The molecule has 4 aliphatic rings. The van der Waals surface area contributed by atoms with E-state index < -0.39 is 0 Å². The fraction of sp³-hybridized carbons (Fsp3) is 0.778. The van der Waals surface area contributed by atoms with Gasteiger partial charge in [0.2, 0.25) is 0 Å². The predicted molar refractivity (Wildman–Crippen MR) is 57.9 cm³/mol. The molecule has 4 saturated heterocycles. The van der Waals surface area contributed by atoms with E-state index in [0.29, 0.717) is 0 Å². The van der Waals surface area contributed by atoms with Gasteiger partial charge in [0.1, 0.15) is 26.6 Å². The molecule has 0 unspecified atom stereocenters. The van der Waals surface area contributed by atoms with Crippen LogP contribution in [-0.2, 0) is 0 Å². The van der Waals surface area contributed by atoms with E-state index in [1.165, 1.54) is 44.5 Å². The lowest BCUT2D eigenvalue weighted by Crippen LogP contribution is -2.79. The monoisotopic (exact) mass is 259 g/mol. The third kappa shape index (κ3) is 1.44. The first-order chi connectivity index (χ1) is 6.80. The molecule has 14 heavy (non-hydrogen) atoms. The Balaban J connectivity index is 1.80. The minimum absolute atomic E-state index is 1.15. The standard InChI is InChI=1S/C9H16BrN4/c10-2-1-3-14-7-11-4-12(8-14)6-13(5-11)9-14/h1-2H,3-9H2/q+1/b2-1-. The Morgan fingerprint density at radius 3 is 1.93 bits per heavy atom. The molecule has 4 fully saturated rings. The topological polar surface area (TPSA) is 9.72 Å². The second-order valence-electron chi connectivity index (χ2n) is 4.75. The third-order valence-electron chi connectivity index (χ3n) is 3.28. The Kier molecular flexibility index (Phi) is 2.18. The highest BCUT2D eigenvalue weighted by Gasteiger charge is 2.47. The molecule has 0 atom stereocenters. The van der Waals surface area contributed by atoms with Crippen molar-refractivity contribution in [2.45, 2.75) is 0 Å². The second-order valence-corrected chi connectivity index (χ2v) is 5.28. The van der Waals surface area contributed by atoms with Crippen LogP contribution in [0.5, 0.6) is 0 Å². The van der Waals surface area contributed by atoms with Crippen molar-refractivity contribution >= 4 is 15.9 Å². The maximum absolute atomic E-state index is 3.36. The molecular formula is C9H16BrN4+. The SMILES string of the molecule is Br/C=C\C[N+]12CN3CN(CN(C3)C1)C2. The fourth-order valence-electron chi connectivity index (χ4n) is 3.09. The van der Waals surface area contributed by atoms with E-state index in [1.807, 2.05) is 4.99 Å². The van der Waals surface area contributed by atoms with Gasteiger partial charge in [-0.15, -0.1) is 0 Å². The molecule has 4 aliphatic heterocycles. The van der Waals surface area contributed by atoms with Gasteiger partial charge in [-0.1, -0.05) is 15.9 Å². The maximum Gasteiger partial charge on any atom is 0.139 e. The summed E-state index contributed by atoms with van der Waals surface area (Å²) in [5.74, 6) is 0. The summed E-state index contributed by atoms with van der Waals surface area (Å²) in [4.78, 5) is 9.61. The van der Waals surface area contributed by atoms with E-state index in [1.54, 1.807) is 0 Å². The van der Waals surface area contributed by atoms with Crippen molar-refractivity contribution in [3.05, 3.63) is 11.1 Å². The quantitative estimate of drug-likeness (QED) is 0.666. The van der Waals surface area contributed by atoms with Crippen molar-refractivity contribution in [1.29, 1.82) is 0 Å². The van der Waals surface area contributed by atoms with E-state index in [2.05, 4.69) is 36.7 Å². The Bertz CT molecular complexity index is 230. The molecule has 0 aromatic heterocycles. The lowest BCUT2D eigenvalue weighted by molar-refractivity contribution is -0.975. The third-order valence-corrected chi connectivity index (χ3v) is 3.66. The van der Waals surface area contributed by atoms with Crippen LogP contribution in [0.3, 0.4) is 0 Å². The van der Waals surface area contributed by atoms with Crippen LogP contribution in [0.15, 0.2) is 11.1 Å². The molecular weight excluding hydrogens is 244 g/mol. The molecule has 4 rings (SSSR count). The summed E-state index contributed by atoms with van der Waals surface area (Å²) >= 11 is 3.36. The van der Waals surface area contributed by atoms with Gasteiger partial charge in [-0.3, -0.25) is 4.48 Å². The van der Waals surface area contributed by atoms with Crippen LogP contribution in [0.1, 0.15) is 0 Å². The van der Waals surface area contributed by atoms with Crippen LogP contribution in [0.2, 0.25) is 0 Å². The van der Waals surface area contributed by atoms with Crippen LogP contribution in [0, 0.1) is 0 Å². The van der Waals surface area contributed by atoms with E-state index in [9.17, 15) is 0 Å². The maximum atomic E-state index is 3.36. The van der Waals surface area contributed by atoms with Gasteiger partial charge in [-0.05, 0) is 11.1 Å². The van der Waals surface area contributed by atoms with E-state index in [-0.39, 0.29) is 0 Å². The number of rotatable bonds is 2. The average molecular weight is 260 g/mol. The summed E-state index contributed by atoms with van der Waals surface area (Å²) in [5.41, 5.74) is 0. The number of halogens is 1. The smallest absolute Gasteiger partial charge is 0.139 e. The van der Waals surface area contributed by atoms with E-state index in [4.69, 9.17) is 0 Å². The van der Waals surface area contributed by atoms with E-state index in [0.717, 1.165) is 6.54 Å². The highest BCUT2D eigenvalue weighted by molar-refractivity contribution is 9.11. The number of quaternary nitrogens is 1. The fourth-order valence-corrected chi connectivity index (χ4v) is 3.26. The van der Waals surface area contributed by atoms with Gasteiger partial charge in [-0.2, -0.15) is 0 Å². The predicted octanol–water partition coefficient (Wildman–Crippen LogP) is 0.404. The Morgan fingerprint density at radius 2 is 1.50 bits per heavy atom. The Morgan fingerprint density at radius 1 is 1.00 bits per heavy atom.